The summed E-state index contributed by atoms with van der Waals surface area (Å²) >= 11 is 5.53. The second-order valence-corrected chi connectivity index (χ2v) is 6.68. The molecule has 0 unspecified atom stereocenters. The van der Waals surface area contributed by atoms with Gasteiger partial charge in [0, 0.05) is 9.13 Å². The van der Waals surface area contributed by atoms with Gasteiger partial charge in [-0.25, -0.2) is 0 Å². The first kappa shape index (κ1) is 14.1. The molecule has 1 amide bonds. The van der Waals surface area contributed by atoms with Crippen LogP contribution in [0.3, 0.4) is 0 Å². The van der Waals surface area contributed by atoms with Crippen LogP contribution in [0.4, 0.5) is 0 Å². The van der Waals surface area contributed by atoms with E-state index < -0.39 is 0 Å². The monoisotopic (exact) mass is 487 g/mol. The first-order valence-electron chi connectivity index (χ1n) is 4.78. The number of halogens is 2. The molecule has 5 nitrogen and oxygen atoms in total. The van der Waals surface area contributed by atoms with Crippen molar-refractivity contribution in [3.63, 3.8) is 0 Å². The van der Waals surface area contributed by atoms with Gasteiger partial charge in [-0.3, -0.25) is 4.79 Å². The molecule has 0 spiro atoms. The van der Waals surface area contributed by atoms with Crippen LogP contribution in [0.25, 0.3) is 0 Å². The second kappa shape index (κ2) is 6.19. The number of rotatable bonds is 2. The number of carbonyl (C=O) groups excluding carboxylic acids is 1. The van der Waals surface area contributed by atoms with Gasteiger partial charge in [0.2, 0.25) is 5.91 Å². The molecule has 0 aliphatic carbocycles. The number of hydrogen-bond donors (Lipinski definition) is 2. The first-order valence-corrected chi connectivity index (χ1v) is 7.92. The Morgan fingerprint density at radius 1 is 1.44 bits per heavy atom. The maximum Gasteiger partial charge on any atom is 0.236 e. The summed E-state index contributed by atoms with van der Waals surface area (Å²) in [4.78, 5) is 10.9. The van der Waals surface area contributed by atoms with E-state index >= 15 is 0 Å². The van der Waals surface area contributed by atoms with Crippen LogP contribution in [0.2, 0.25) is 0 Å². The number of hydrogen-bond acceptors (Lipinski definition) is 5. The summed E-state index contributed by atoms with van der Waals surface area (Å²) < 4.78 is 1.77. The highest BCUT2D eigenvalue weighted by Crippen LogP contribution is 2.25. The molecule has 1 fully saturated rings. The number of nitrogens with one attached hydrogen (secondary N) is 1. The zero-order valence-corrected chi connectivity index (χ0v) is 14.0. The van der Waals surface area contributed by atoms with E-state index in [9.17, 15) is 9.90 Å². The van der Waals surface area contributed by atoms with Crippen LogP contribution in [-0.2, 0) is 4.79 Å². The van der Waals surface area contributed by atoms with Gasteiger partial charge in [-0.05, 0) is 57.3 Å². The van der Waals surface area contributed by atoms with Crippen molar-refractivity contribution in [2.75, 3.05) is 5.75 Å². The fourth-order valence-electron chi connectivity index (χ4n) is 1.21. The average Bonchev–Trinajstić information content (AvgIpc) is 2.71. The molecule has 2 N–H and O–H groups in total. The summed E-state index contributed by atoms with van der Waals surface area (Å²) in [5.74, 6) is 0.490. The van der Waals surface area contributed by atoms with Gasteiger partial charge in [0.15, 0.2) is 5.17 Å². The largest absolute Gasteiger partial charge is 0.506 e. The summed E-state index contributed by atoms with van der Waals surface area (Å²) in [6.07, 6.45) is 1.47. The van der Waals surface area contributed by atoms with E-state index in [1.54, 1.807) is 0 Å². The van der Waals surface area contributed by atoms with E-state index in [-0.39, 0.29) is 11.7 Å². The third-order valence-corrected chi connectivity index (χ3v) is 4.30. The van der Waals surface area contributed by atoms with Gasteiger partial charge >= 0.3 is 0 Å². The molecule has 1 saturated heterocycles. The molecule has 8 heteroatoms. The van der Waals surface area contributed by atoms with Crippen LogP contribution in [0.1, 0.15) is 5.56 Å². The fraction of sp³-hybridized carbons (Fsp3) is 0.100. The van der Waals surface area contributed by atoms with Gasteiger partial charge in [0.1, 0.15) is 5.75 Å². The molecule has 1 aliphatic heterocycles. The van der Waals surface area contributed by atoms with Crippen LogP contribution in [0, 0.1) is 7.14 Å². The van der Waals surface area contributed by atoms with Crippen molar-refractivity contribution in [3.8, 4) is 5.75 Å². The molecule has 1 aromatic rings. The smallest absolute Gasteiger partial charge is 0.236 e. The minimum Gasteiger partial charge on any atom is -0.506 e. The van der Waals surface area contributed by atoms with E-state index in [2.05, 4.69) is 60.7 Å². The van der Waals surface area contributed by atoms with Crippen molar-refractivity contribution < 1.29 is 9.90 Å². The lowest BCUT2D eigenvalue weighted by Gasteiger charge is -2.01. The number of phenols is 1. The second-order valence-electron chi connectivity index (χ2n) is 3.31. The number of amidine groups is 1. The lowest BCUT2D eigenvalue weighted by molar-refractivity contribution is -0.116. The van der Waals surface area contributed by atoms with Gasteiger partial charge in [-0.1, -0.05) is 11.8 Å². The molecule has 0 atom stereocenters. The van der Waals surface area contributed by atoms with Gasteiger partial charge in [-0.2, -0.15) is 5.10 Å². The normalized spacial score (nSPS) is 17.7. The summed E-state index contributed by atoms with van der Waals surface area (Å²) in [6.45, 7) is 0. The standard InChI is InChI=1S/C10H7I2N3O2S/c11-6-1-5(9(17)7(12)2-6)3-13-15-10-14-8(16)4-18-10/h1-3,17H,4H2,(H,14,15,16). The van der Waals surface area contributed by atoms with Crippen LogP contribution in [0.15, 0.2) is 22.3 Å². The van der Waals surface area contributed by atoms with Crippen molar-refractivity contribution in [1.82, 2.24) is 5.32 Å². The topological polar surface area (TPSA) is 74.0 Å². The van der Waals surface area contributed by atoms with Gasteiger partial charge in [0.25, 0.3) is 0 Å². The average molecular weight is 487 g/mol. The number of amides is 1. The van der Waals surface area contributed by atoms with E-state index in [0.717, 1.165) is 7.14 Å². The Labute approximate surface area is 135 Å². The maximum atomic E-state index is 10.9. The summed E-state index contributed by atoms with van der Waals surface area (Å²) in [5, 5.41) is 20.6. The van der Waals surface area contributed by atoms with Gasteiger partial charge < -0.3 is 10.4 Å². The predicted molar refractivity (Wildman–Crippen MR) is 89.2 cm³/mol. The van der Waals surface area contributed by atoms with Gasteiger partial charge in [-0.15, -0.1) is 5.10 Å². The number of benzene rings is 1. The number of phenolic OH excluding ortho intramolecular Hbond substituents is 1. The zero-order chi connectivity index (χ0) is 13.1. The number of carbonyl (C=O) groups is 1. The van der Waals surface area contributed by atoms with Crippen LogP contribution in [-0.4, -0.2) is 28.1 Å². The molecule has 0 saturated carbocycles. The molecule has 0 bridgehead atoms. The van der Waals surface area contributed by atoms with Crippen molar-refractivity contribution in [1.29, 1.82) is 0 Å². The molecule has 1 aliphatic rings. The highest BCUT2D eigenvalue weighted by Gasteiger charge is 2.16. The van der Waals surface area contributed by atoms with Crippen molar-refractivity contribution in [3.05, 3.63) is 24.8 Å². The molecule has 1 heterocycles. The minimum atomic E-state index is -0.0689. The van der Waals surface area contributed by atoms with E-state index in [4.69, 9.17) is 0 Å². The first-order chi connectivity index (χ1) is 8.56. The highest BCUT2D eigenvalue weighted by molar-refractivity contribution is 14.1. The van der Waals surface area contributed by atoms with Crippen LogP contribution < -0.4 is 5.32 Å². The van der Waals surface area contributed by atoms with E-state index in [1.807, 2.05) is 12.1 Å². The van der Waals surface area contributed by atoms with Crippen molar-refractivity contribution >= 4 is 74.2 Å². The van der Waals surface area contributed by atoms with Crippen molar-refractivity contribution in [2.45, 2.75) is 0 Å². The summed E-state index contributed by atoms with van der Waals surface area (Å²) in [5.41, 5.74) is 0.602. The predicted octanol–water partition coefficient (Wildman–Crippen LogP) is 2.15. The Morgan fingerprint density at radius 2 is 2.22 bits per heavy atom. The van der Waals surface area contributed by atoms with E-state index in [0.29, 0.717) is 16.5 Å². The van der Waals surface area contributed by atoms with E-state index in [1.165, 1.54) is 18.0 Å². The Hall–Kier alpha value is -0.360. The third-order valence-electron chi connectivity index (χ3n) is 1.99. The molecule has 0 radical (unpaired) electrons. The fourth-order valence-corrected chi connectivity index (χ4v) is 3.73. The highest BCUT2D eigenvalue weighted by atomic mass is 127. The Kier molecular flexibility index (Phi) is 4.84. The Balaban J connectivity index is 2.17. The molecule has 1 aromatic carbocycles. The molecule has 2 rings (SSSR count). The molecule has 94 valence electrons. The molecule has 18 heavy (non-hydrogen) atoms. The van der Waals surface area contributed by atoms with Crippen LogP contribution in [0.5, 0.6) is 5.75 Å². The lowest BCUT2D eigenvalue weighted by atomic mass is 10.2. The maximum absolute atomic E-state index is 10.9. The number of nitrogens with zero attached hydrogens (tertiary/aromatic N) is 2. The van der Waals surface area contributed by atoms with Crippen molar-refractivity contribution in [2.24, 2.45) is 10.2 Å². The minimum absolute atomic E-state index is 0.0689. The lowest BCUT2D eigenvalue weighted by Crippen LogP contribution is -2.19. The SMILES string of the molecule is O=C1CSC(=NN=Cc2cc(I)cc(I)c2O)N1. The molecule has 0 aromatic heterocycles. The number of thioether (sulfide) groups is 1. The molecular weight excluding hydrogens is 480 g/mol. The van der Waals surface area contributed by atoms with Gasteiger partial charge in [0.05, 0.1) is 15.5 Å². The van der Waals surface area contributed by atoms with Crippen LogP contribution >= 0.6 is 56.9 Å². The quantitative estimate of drug-likeness (QED) is 0.382. The summed E-state index contributed by atoms with van der Waals surface area (Å²) in [6, 6.07) is 3.68. The Morgan fingerprint density at radius 3 is 2.89 bits per heavy atom. The Bertz CT molecular complexity index is 560. The summed E-state index contributed by atoms with van der Waals surface area (Å²) in [7, 11) is 0. The number of aromatic hydroxyl groups is 1. The molecular formula is C10H7I2N3O2S. The third kappa shape index (κ3) is 3.57. The zero-order valence-electron chi connectivity index (χ0n) is 8.85.